The van der Waals surface area contributed by atoms with Gasteiger partial charge in [0.15, 0.2) is 9.84 Å². The van der Waals surface area contributed by atoms with Gasteiger partial charge in [-0.05, 0) is 31.4 Å². The number of amides is 2. The van der Waals surface area contributed by atoms with Crippen LogP contribution in [0, 0.1) is 0 Å². The van der Waals surface area contributed by atoms with Crippen LogP contribution in [0.25, 0.3) is 0 Å². The maximum Gasteiger partial charge on any atom is 0.237 e. The first kappa shape index (κ1) is 18.8. The van der Waals surface area contributed by atoms with Crippen molar-refractivity contribution in [1.29, 1.82) is 0 Å². The van der Waals surface area contributed by atoms with Crippen LogP contribution in [0.3, 0.4) is 0 Å². The first-order valence-corrected chi connectivity index (χ1v) is 10.7. The normalized spacial score (nSPS) is 25.2. The summed E-state index contributed by atoms with van der Waals surface area (Å²) in [5.41, 5.74) is 6.39. The zero-order valence-electron chi connectivity index (χ0n) is 14.7. The SMILES string of the molecule is NC(=O)C1CCCN1CC(=O)N(Cc1ccccc1)C1CCS(=O)(=O)C1. The van der Waals surface area contributed by atoms with Gasteiger partial charge in [0.05, 0.1) is 24.1 Å². The second-order valence-corrected chi connectivity index (χ2v) is 9.32. The second-order valence-electron chi connectivity index (χ2n) is 7.09. The number of benzene rings is 1. The van der Waals surface area contributed by atoms with E-state index in [4.69, 9.17) is 5.73 Å². The molecule has 2 aliphatic rings. The second kappa shape index (κ2) is 7.75. The fourth-order valence-corrected chi connectivity index (χ4v) is 5.56. The molecule has 1 aromatic rings. The lowest BCUT2D eigenvalue weighted by atomic mass is 10.1. The van der Waals surface area contributed by atoms with E-state index in [1.54, 1.807) is 4.90 Å². The van der Waals surface area contributed by atoms with Crippen LogP contribution in [-0.2, 0) is 26.0 Å². The van der Waals surface area contributed by atoms with Crippen molar-refractivity contribution in [3.8, 4) is 0 Å². The molecule has 2 amide bonds. The molecule has 2 unspecified atom stereocenters. The average molecular weight is 379 g/mol. The van der Waals surface area contributed by atoms with E-state index in [2.05, 4.69) is 0 Å². The molecule has 0 saturated carbocycles. The summed E-state index contributed by atoms with van der Waals surface area (Å²) in [6.07, 6.45) is 1.96. The molecule has 0 aromatic heterocycles. The van der Waals surface area contributed by atoms with Crippen molar-refractivity contribution >= 4 is 21.7 Å². The van der Waals surface area contributed by atoms with Crippen LogP contribution in [0.1, 0.15) is 24.8 Å². The largest absolute Gasteiger partial charge is 0.368 e. The number of nitrogens with zero attached hydrogens (tertiary/aromatic N) is 2. The molecule has 0 radical (unpaired) electrons. The van der Waals surface area contributed by atoms with Crippen LogP contribution in [-0.4, -0.2) is 66.7 Å². The van der Waals surface area contributed by atoms with Crippen molar-refractivity contribution in [2.75, 3.05) is 24.6 Å². The zero-order valence-corrected chi connectivity index (χ0v) is 15.5. The Hall–Kier alpha value is -1.93. The lowest BCUT2D eigenvalue weighted by Crippen LogP contribution is -2.49. The molecule has 2 fully saturated rings. The quantitative estimate of drug-likeness (QED) is 0.758. The van der Waals surface area contributed by atoms with Crippen LogP contribution in [0.2, 0.25) is 0 Å². The Morgan fingerprint density at radius 2 is 1.92 bits per heavy atom. The summed E-state index contributed by atoms with van der Waals surface area (Å²) in [6.45, 7) is 1.12. The van der Waals surface area contributed by atoms with Gasteiger partial charge in [0.25, 0.3) is 0 Å². The molecule has 2 heterocycles. The van der Waals surface area contributed by atoms with E-state index in [0.29, 0.717) is 25.9 Å². The van der Waals surface area contributed by atoms with Gasteiger partial charge in [0.2, 0.25) is 11.8 Å². The van der Waals surface area contributed by atoms with Crippen molar-refractivity contribution in [2.24, 2.45) is 5.73 Å². The van der Waals surface area contributed by atoms with Gasteiger partial charge in [0.1, 0.15) is 0 Å². The molecule has 7 nitrogen and oxygen atoms in total. The molecule has 2 saturated heterocycles. The lowest BCUT2D eigenvalue weighted by Gasteiger charge is -2.31. The predicted octanol–water partition coefficient (Wildman–Crippen LogP) is 0.152. The Labute approximate surface area is 154 Å². The van der Waals surface area contributed by atoms with E-state index < -0.39 is 21.8 Å². The van der Waals surface area contributed by atoms with E-state index >= 15 is 0 Å². The Bertz CT molecular complexity index is 766. The number of hydrogen-bond donors (Lipinski definition) is 1. The van der Waals surface area contributed by atoms with Gasteiger partial charge in [-0.1, -0.05) is 30.3 Å². The third kappa shape index (κ3) is 4.42. The first-order valence-electron chi connectivity index (χ1n) is 8.93. The highest BCUT2D eigenvalue weighted by atomic mass is 32.2. The number of primary amides is 1. The Kier molecular flexibility index (Phi) is 5.62. The standard InChI is InChI=1S/C18H25N3O4S/c19-18(23)16-7-4-9-20(16)12-17(22)21(11-14-5-2-1-3-6-14)15-8-10-26(24,25)13-15/h1-3,5-6,15-16H,4,7-13H2,(H2,19,23). The molecular weight excluding hydrogens is 354 g/mol. The molecule has 142 valence electrons. The van der Waals surface area contributed by atoms with Gasteiger partial charge in [-0.2, -0.15) is 0 Å². The van der Waals surface area contributed by atoms with Crippen molar-refractivity contribution in [3.63, 3.8) is 0 Å². The lowest BCUT2D eigenvalue weighted by molar-refractivity contribution is -0.136. The molecule has 2 atom stereocenters. The summed E-state index contributed by atoms with van der Waals surface area (Å²) in [5.74, 6) is -0.438. The summed E-state index contributed by atoms with van der Waals surface area (Å²) in [7, 11) is -3.10. The number of hydrogen-bond acceptors (Lipinski definition) is 5. The number of carbonyl (C=O) groups is 2. The van der Waals surface area contributed by atoms with Crippen LogP contribution in [0.15, 0.2) is 30.3 Å². The summed E-state index contributed by atoms with van der Waals surface area (Å²) in [6, 6.07) is 8.81. The van der Waals surface area contributed by atoms with Crippen molar-refractivity contribution < 1.29 is 18.0 Å². The molecule has 2 aliphatic heterocycles. The predicted molar refractivity (Wildman–Crippen MR) is 97.8 cm³/mol. The summed E-state index contributed by atoms with van der Waals surface area (Å²) in [5, 5.41) is 0. The smallest absolute Gasteiger partial charge is 0.237 e. The third-order valence-electron chi connectivity index (χ3n) is 5.20. The number of nitrogens with two attached hydrogens (primary N) is 1. The number of carbonyl (C=O) groups excluding carboxylic acids is 2. The number of sulfone groups is 1. The molecule has 1 aromatic carbocycles. The topological polar surface area (TPSA) is 101 Å². The molecule has 0 spiro atoms. The molecule has 0 bridgehead atoms. The van der Waals surface area contributed by atoms with E-state index in [0.717, 1.165) is 12.0 Å². The van der Waals surface area contributed by atoms with Gasteiger partial charge >= 0.3 is 0 Å². The molecule has 8 heteroatoms. The van der Waals surface area contributed by atoms with Gasteiger partial charge < -0.3 is 10.6 Å². The minimum absolute atomic E-state index is 0.00478. The highest BCUT2D eigenvalue weighted by molar-refractivity contribution is 7.91. The molecule has 2 N–H and O–H groups in total. The van der Waals surface area contributed by atoms with Gasteiger partial charge in [-0.3, -0.25) is 14.5 Å². The van der Waals surface area contributed by atoms with E-state index in [1.807, 2.05) is 35.2 Å². The molecule has 26 heavy (non-hydrogen) atoms. The fraction of sp³-hybridized carbons (Fsp3) is 0.556. The van der Waals surface area contributed by atoms with E-state index in [-0.39, 0.29) is 30.0 Å². The first-order chi connectivity index (χ1) is 12.4. The van der Waals surface area contributed by atoms with Gasteiger partial charge in [-0.25, -0.2) is 8.42 Å². The molecule has 0 aliphatic carbocycles. The zero-order chi connectivity index (χ0) is 18.7. The van der Waals surface area contributed by atoms with Crippen molar-refractivity contribution in [3.05, 3.63) is 35.9 Å². The maximum absolute atomic E-state index is 13.0. The van der Waals surface area contributed by atoms with Crippen LogP contribution in [0.5, 0.6) is 0 Å². The maximum atomic E-state index is 13.0. The third-order valence-corrected chi connectivity index (χ3v) is 6.95. The van der Waals surface area contributed by atoms with Crippen molar-refractivity contribution in [2.45, 2.75) is 37.9 Å². The minimum Gasteiger partial charge on any atom is -0.368 e. The molecule has 3 rings (SSSR count). The molecular formula is C18H25N3O4S. The number of likely N-dealkylation sites (tertiary alicyclic amines) is 1. The summed E-state index contributed by atoms with van der Waals surface area (Å²) in [4.78, 5) is 28.1. The average Bonchev–Trinajstić information content (AvgIpc) is 3.19. The summed E-state index contributed by atoms with van der Waals surface area (Å²) >= 11 is 0. The van der Waals surface area contributed by atoms with Crippen LogP contribution < -0.4 is 5.73 Å². The Morgan fingerprint density at radius 3 is 2.54 bits per heavy atom. The fourth-order valence-electron chi connectivity index (χ4n) is 3.82. The van der Waals surface area contributed by atoms with E-state index in [1.165, 1.54) is 0 Å². The van der Waals surface area contributed by atoms with Crippen LogP contribution >= 0.6 is 0 Å². The van der Waals surface area contributed by atoms with E-state index in [9.17, 15) is 18.0 Å². The minimum atomic E-state index is -3.10. The highest BCUT2D eigenvalue weighted by Gasteiger charge is 2.37. The monoisotopic (exact) mass is 379 g/mol. The van der Waals surface area contributed by atoms with Crippen LogP contribution in [0.4, 0.5) is 0 Å². The van der Waals surface area contributed by atoms with Crippen molar-refractivity contribution in [1.82, 2.24) is 9.80 Å². The number of rotatable bonds is 6. The summed E-state index contributed by atoms with van der Waals surface area (Å²) < 4.78 is 23.8. The Morgan fingerprint density at radius 1 is 1.19 bits per heavy atom. The highest BCUT2D eigenvalue weighted by Crippen LogP contribution is 2.22. The van der Waals surface area contributed by atoms with Gasteiger partial charge in [-0.15, -0.1) is 0 Å². The Balaban J connectivity index is 1.76. The van der Waals surface area contributed by atoms with Gasteiger partial charge in [0, 0.05) is 12.6 Å².